The summed E-state index contributed by atoms with van der Waals surface area (Å²) in [5, 5.41) is 23.9. The maximum absolute atomic E-state index is 12.3. The molecule has 0 radical (unpaired) electrons. The minimum atomic E-state index is -0.751. The Morgan fingerprint density at radius 3 is 2.96 bits per heavy atom. The summed E-state index contributed by atoms with van der Waals surface area (Å²) in [6.45, 7) is 0. The number of nitrogens with zero attached hydrogens (tertiary/aromatic N) is 4. The number of amides is 1. The second-order valence-corrected chi connectivity index (χ2v) is 5.46. The van der Waals surface area contributed by atoms with E-state index < -0.39 is 16.4 Å². The summed E-state index contributed by atoms with van der Waals surface area (Å²) in [4.78, 5) is 39.1. The van der Waals surface area contributed by atoms with Gasteiger partial charge in [0.25, 0.3) is 17.2 Å². The Labute approximate surface area is 137 Å². The first-order chi connectivity index (χ1) is 11.5. The monoisotopic (exact) mass is 341 g/mol. The Bertz CT molecular complexity index is 1080. The molecule has 0 spiro atoms. The number of rotatable bonds is 3. The summed E-state index contributed by atoms with van der Waals surface area (Å²) in [6, 6.07) is 5.21. The van der Waals surface area contributed by atoms with Gasteiger partial charge >= 0.3 is 0 Å². The third-order valence-electron chi connectivity index (χ3n) is 3.17. The van der Waals surface area contributed by atoms with Crippen LogP contribution in [0.3, 0.4) is 0 Å². The summed E-state index contributed by atoms with van der Waals surface area (Å²) >= 11 is 1.25. The highest BCUT2D eigenvalue weighted by Crippen LogP contribution is 2.21. The normalized spacial score (nSPS) is 10.3. The highest BCUT2D eigenvalue weighted by molar-refractivity contribution is 7.15. The van der Waals surface area contributed by atoms with Gasteiger partial charge in [0, 0.05) is 29.9 Å². The van der Waals surface area contributed by atoms with Crippen LogP contribution in [-0.2, 0) is 0 Å². The summed E-state index contributed by atoms with van der Waals surface area (Å²) < 4.78 is 1.24. The molecule has 0 aliphatic carbocycles. The number of hydrogen-bond acceptors (Lipinski definition) is 7. The molecule has 0 bridgehead atoms. The molecule has 0 atom stereocenters. The number of non-ortho nitro benzene ring substituents is 1. The summed E-state index contributed by atoms with van der Waals surface area (Å²) in [6.07, 6.45) is 2.65. The van der Waals surface area contributed by atoms with E-state index in [1.54, 1.807) is 11.4 Å². The third kappa shape index (κ3) is 2.59. The maximum Gasteiger partial charge on any atom is 0.271 e. The second-order valence-electron chi connectivity index (χ2n) is 4.59. The Hall–Kier alpha value is -3.58. The minimum absolute atomic E-state index is 0.0721. The van der Waals surface area contributed by atoms with E-state index in [1.165, 1.54) is 28.0 Å². The molecule has 3 aromatic rings. The van der Waals surface area contributed by atoms with Gasteiger partial charge in [-0.25, -0.2) is 4.98 Å². The van der Waals surface area contributed by atoms with Crippen molar-refractivity contribution in [3.8, 4) is 6.07 Å². The van der Waals surface area contributed by atoms with Crippen LogP contribution in [-0.4, -0.2) is 20.2 Å². The summed E-state index contributed by atoms with van der Waals surface area (Å²) in [5.74, 6) is -0.751. The van der Waals surface area contributed by atoms with E-state index in [-0.39, 0.29) is 22.5 Å². The number of carbonyl (C=O) groups excluding carboxylic acids is 1. The molecule has 0 unspecified atom stereocenters. The van der Waals surface area contributed by atoms with Gasteiger partial charge in [-0.05, 0) is 6.07 Å². The van der Waals surface area contributed by atoms with Crippen LogP contribution in [0.1, 0.15) is 15.9 Å². The molecule has 0 fully saturated rings. The zero-order valence-electron chi connectivity index (χ0n) is 11.8. The zero-order chi connectivity index (χ0) is 17.3. The fourth-order valence-corrected chi connectivity index (χ4v) is 2.69. The Balaban J connectivity index is 1.97. The number of nitrogens with one attached hydrogen (secondary N) is 1. The van der Waals surface area contributed by atoms with Crippen molar-refractivity contribution in [2.45, 2.75) is 0 Å². The van der Waals surface area contributed by atoms with Gasteiger partial charge in [-0.15, -0.1) is 11.3 Å². The van der Waals surface area contributed by atoms with Gasteiger partial charge in [-0.3, -0.25) is 24.1 Å². The number of aromatic nitrogens is 2. The van der Waals surface area contributed by atoms with Gasteiger partial charge in [0.15, 0.2) is 4.96 Å². The predicted octanol–water partition coefficient (Wildman–Crippen LogP) is 1.79. The van der Waals surface area contributed by atoms with Crippen LogP contribution in [0.4, 0.5) is 11.4 Å². The van der Waals surface area contributed by atoms with Crippen molar-refractivity contribution in [1.29, 1.82) is 5.26 Å². The molecule has 118 valence electrons. The quantitative estimate of drug-likeness (QED) is 0.571. The zero-order valence-corrected chi connectivity index (χ0v) is 12.6. The number of hydrogen-bond donors (Lipinski definition) is 1. The molecule has 24 heavy (non-hydrogen) atoms. The molecule has 0 saturated carbocycles. The van der Waals surface area contributed by atoms with Crippen molar-refractivity contribution in [2.75, 3.05) is 5.32 Å². The lowest BCUT2D eigenvalue weighted by atomic mass is 10.1. The maximum atomic E-state index is 12.3. The van der Waals surface area contributed by atoms with Crippen molar-refractivity contribution in [3.63, 3.8) is 0 Å². The molecule has 0 aliphatic heterocycles. The largest absolute Gasteiger partial charge is 0.321 e. The fraction of sp³-hybridized carbons (Fsp3) is 0. The second kappa shape index (κ2) is 5.90. The minimum Gasteiger partial charge on any atom is -0.321 e. The molecular weight excluding hydrogens is 334 g/mol. The Morgan fingerprint density at radius 1 is 1.46 bits per heavy atom. The molecule has 0 aliphatic rings. The fourth-order valence-electron chi connectivity index (χ4n) is 2.02. The standard InChI is InChI=1S/C14H7N5O4S/c15-6-8-5-9(19(22)23)1-2-11(8)17-12(20)10-7-16-14-18(13(10)21)3-4-24-14/h1-5,7H,(H,17,20). The summed E-state index contributed by atoms with van der Waals surface area (Å²) in [5.41, 5.74) is -1.02. The number of benzene rings is 1. The van der Waals surface area contributed by atoms with E-state index in [2.05, 4.69) is 10.3 Å². The lowest BCUT2D eigenvalue weighted by Crippen LogP contribution is -2.26. The van der Waals surface area contributed by atoms with Crippen LogP contribution in [0.15, 0.2) is 40.8 Å². The molecule has 2 heterocycles. The van der Waals surface area contributed by atoms with Crippen molar-refractivity contribution in [1.82, 2.24) is 9.38 Å². The highest BCUT2D eigenvalue weighted by Gasteiger charge is 2.17. The first-order valence-corrected chi connectivity index (χ1v) is 7.34. The molecule has 9 nitrogen and oxygen atoms in total. The van der Waals surface area contributed by atoms with E-state index in [4.69, 9.17) is 5.26 Å². The predicted molar refractivity (Wildman–Crippen MR) is 85.1 cm³/mol. The van der Waals surface area contributed by atoms with Crippen molar-refractivity contribution in [3.05, 3.63) is 67.6 Å². The van der Waals surface area contributed by atoms with E-state index in [0.29, 0.717) is 4.96 Å². The average molecular weight is 341 g/mol. The summed E-state index contributed by atoms with van der Waals surface area (Å²) in [7, 11) is 0. The highest BCUT2D eigenvalue weighted by atomic mass is 32.1. The number of carbonyl (C=O) groups is 1. The lowest BCUT2D eigenvalue weighted by Gasteiger charge is -2.06. The first kappa shape index (κ1) is 15.3. The average Bonchev–Trinajstić information content (AvgIpc) is 3.04. The van der Waals surface area contributed by atoms with Gasteiger partial charge < -0.3 is 5.32 Å². The SMILES string of the molecule is N#Cc1cc([N+](=O)[O-])ccc1NC(=O)c1cnc2sccn2c1=O. The first-order valence-electron chi connectivity index (χ1n) is 6.46. The van der Waals surface area contributed by atoms with Crippen molar-refractivity contribution >= 4 is 33.6 Å². The molecule has 10 heteroatoms. The van der Waals surface area contributed by atoms with E-state index in [1.807, 2.05) is 0 Å². The van der Waals surface area contributed by atoms with Gasteiger partial charge in [0.2, 0.25) is 0 Å². The van der Waals surface area contributed by atoms with Gasteiger partial charge in [0.1, 0.15) is 11.6 Å². The van der Waals surface area contributed by atoms with Crippen LogP contribution in [0, 0.1) is 21.4 Å². The molecular formula is C14H7N5O4S. The number of fused-ring (bicyclic) bond motifs is 1. The van der Waals surface area contributed by atoms with Crippen LogP contribution in [0.5, 0.6) is 0 Å². The molecule has 1 N–H and O–H groups in total. The van der Waals surface area contributed by atoms with E-state index in [9.17, 15) is 19.7 Å². The smallest absolute Gasteiger partial charge is 0.271 e. The molecule has 2 aromatic heterocycles. The number of nitro benzene ring substituents is 1. The molecule has 1 amide bonds. The van der Waals surface area contributed by atoms with E-state index in [0.717, 1.165) is 18.3 Å². The number of anilines is 1. The van der Waals surface area contributed by atoms with Crippen LogP contribution >= 0.6 is 11.3 Å². The van der Waals surface area contributed by atoms with Crippen LogP contribution in [0.25, 0.3) is 4.96 Å². The van der Waals surface area contributed by atoms with Gasteiger partial charge in [0.05, 0.1) is 16.2 Å². The lowest BCUT2D eigenvalue weighted by molar-refractivity contribution is -0.384. The molecule has 1 aromatic carbocycles. The number of thiazole rings is 1. The van der Waals surface area contributed by atoms with Crippen molar-refractivity contribution < 1.29 is 9.72 Å². The van der Waals surface area contributed by atoms with Crippen LogP contribution in [0.2, 0.25) is 0 Å². The molecule has 0 saturated heterocycles. The Morgan fingerprint density at radius 2 is 2.25 bits per heavy atom. The number of nitriles is 1. The van der Waals surface area contributed by atoms with Crippen LogP contribution < -0.4 is 10.9 Å². The number of nitro groups is 1. The Kier molecular flexibility index (Phi) is 3.77. The topological polar surface area (TPSA) is 130 Å². The van der Waals surface area contributed by atoms with Crippen molar-refractivity contribution in [2.24, 2.45) is 0 Å². The van der Waals surface area contributed by atoms with Gasteiger partial charge in [-0.1, -0.05) is 0 Å². The molecule has 3 rings (SSSR count). The van der Waals surface area contributed by atoms with E-state index >= 15 is 0 Å². The van der Waals surface area contributed by atoms with Gasteiger partial charge in [-0.2, -0.15) is 5.26 Å². The third-order valence-corrected chi connectivity index (χ3v) is 3.94.